The number of hydrogen-bond acceptors (Lipinski definition) is 1. The lowest BCUT2D eigenvalue weighted by molar-refractivity contribution is 0.278. The van der Waals surface area contributed by atoms with Crippen molar-refractivity contribution in [1.29, 1.82) is 0 Å². The van der Waals surface area contributed by atoms with Gasteiger partial charge in [-0.15, -0.1) is 0 Å². The van der Waals surface area contributed by atoms with E-state index in [1.165, 1.54) is 37.7 Å². The molecule has 1 aliphatic carbocycles. The van der Waals surface area contributed by atoms with E-state index in [0.29, 0.717) is 12.2 Å². The van der Waals surface area contributed by atoms with E-state index in [2.05, 4.69) is 22.3 Å². The first-order chi connectivity index (χ1) is 12.7. The van der Waals surface area contributed by atoms with Crippen molar-refractivity contribution in [2.45, 2.75) is 45.1 Å². The number of nitrogens with zero attached hydrogens (tertiary/aromatic N) is 2. The second-order valence-corrected chi connectivity index (χ2v) is 7.83. The Hall–Kier alpha value is -2.31. The van der Waals surface area contributed by atoms with Gasteiger partial charge in [-0.2, -0.15) is 0 Å². The standard InChI is InChI=1S/C22H22ClN3/c1-24-19-9-8-17-14-22(10-3-2-4-11-22)21(26-20(17)13-19)25-15-16-6-5-7-18(23)12-16/h5-9,12-13H,2-4,10-11,14-15H2,(H,25,26). The third kappa shape index (κ3) is 3.34. The summed E-state index contributed by atoms with van der Waals surface area (Å²) in [5.41, 5.74) is 4.26. The van der Waals surface area contributed by atoms with Gasteiger partial charge >= 0.3 is 0 Å². The maximum Gasteiger partial charge on any atom is 0.189 e. The molecule has 132 valence electrons. The van der Waals surface area contributed by atoms with E-state index in [9.17, 15) is 0 Å². The number of benzene rings is 2. The maximum absolute atomic E-state index is 7.27. The van der Waals surface area contributed by atoms with Crippen LogP contribution in [0.25, 0.3) is 4.85 Å². The molecule has 2 aromatic rings. The highest BCUT2D eigenvalue weighted by Gasteiger charge is 2.40. The summed E-state index contributed by atoms with van der Waals surface area (Å²) in [5, 5.41) is 4.34. The van der Waals surface area contributed by atoms with Gasteiger partial charge in [0.2, 0.25) is 0 Å². The summed E-state index contributed by atoms with van der Waals surface area (Å²) in [6, 6.07) is 13.9. The minimum Gasteiger partial charge on any atom is -0.344 e. The van der Waals surface area contributed by atoms with Crippen LogP contribution in [-0.2, 0) is 13.0 Å². The fraction of sp³-hybridized carbons (Fsp3) is 0.364. The molecule has 0 atom stereocenters. The molecular formula is C22H22ClN3. The Labute approximate surface area is 159 Å². The molecule has 2 aromatic carbocycles. The van der Waals surface area contributed by atoms with Gasteiger partial charge in [-0.3, -0.25) is 4.99 Å². The van der Waals surface area contributed by atoms with Crippen LogP contribution in [0.5, 0.6) is 0 Å². The SMILES string of the molecule is [C-]#[N+]c1ccc2c(c1)NC(=NCc1cccc(Cl)c1)C1(CCCCC1)C2. The average Bonchev–Trinajstić information content (AvgIpc) is 2.67. The summed E-state index contributed by atoms with van der Waals surface area (Å²) in [6.45, 7) is 7.90. The van der Waals surface area contributed by atoms with Crippen LogP contribution in [0.15, 0.2) is 47.5 Å². The Balaban J connectivity index is 1.69. The summed E-state index contributed by atoms with van der Waals surface area (Å²) in [4.78, 5) is 8.56. The molecular weight excluding hydrogens is 342 g/mol. The van der Waals surface area contributed by atoms with E-state index >= 15 is 0 Å². The number of nitrogens with one attached hydrogen (secondary N) is 1. The van der Waals surface area contributed by atoms with Crippen molar-refractivity contribution in [2.75, 3.05) is 5.32 Å². The largest absolute Gasteiger partial charge is 0.344 e. The van der Waals surface area contributed by atoms with Crippen LogP contribution in [0.1, 0.15) is 43.2 Å². The highest BCUT2D eigenvalue weighted by atomic mass is 35.5. The van der Waals surface area contributed by atoms with E-state index in [4.69, 9.17) is 23.2 Å². The van der Waals surface area contributed by atoms with E-state index < -0.39 is 0 Å². The number of aliphatic imine (C=N–C) groups is 1. The molecule has 0 unspecified atom stereocenters. The zero-order valence-corrected chi connectivity index (χ0v) is 15.5. The molecule has 0 radical (unpaired) electrons. The summed E-state index contributed by atoms with van der Waals surface area (Å²) in [6.07, 6.45) is 7.20. The van der Waals surface area contributed by atoms with Crippen LogP contribution < -0.4 is 5.32 Å². The Bertz CT molecular complexity index is 889. The van der Waals surface area contributed by atoms with Crippen molar-refractivity contribution in [3.05, 3.63) is 70.0 Å². The van der Waals surface area contributed by atoms with Gasteiger partial charge in [-0.05, 0) is 48.6 Å². The van der Waals surface area contributed by atoms with Crippen LogP contribution in [0, 0.1) is 12.0 Å². The smallest absolute Gasteiger partial charge is 0.189 e. The lowest BCUT2D eigenvalue weighted by Gasteiger charge is -2.42. The summed E-state index contributed by atoms with van der Waals surface area (Å²) < 4.78 is 0. The maximum atomic E-state index is 7.27. The second-order valence-electron chi connectivity index (χ2n) is 7.39. The van der Waals surface area contributed by atoms with Crippen LogP contribution in [-0.4, -0.2) is 5.84 Å². The van der Waals surface area contributed by atoms with Gasteiger partial charge in [0.05, 0.1) is 13.1 Å². The van der Waals surface area contributed by atoms with E-state index in [-0.39, 0.29) is 5.41 Å². The Morgan fingerprint density at radius 2 is 1.96 bits per heavy atom. The molecule has 0 saturated heterocycles. The molecule has 1 saturated carbocycles. The zero-order valence-electron chi connectivity index (χ0n) is 14.8. The lowest BCUT2D eigenvalue weighted by atomic mass is 9.67. The van der Waals surface area contributed by atoms with Crippen molar-refractivity contribution in [3.8, 4) is 0 Å². The minimum absolute atomic E-state index is 0.115. The molecule has 1 aliphatic heterocycles. The second kappa shape index (κ2) is 7.13. The molecule has 1 spiro atoms. The van der Waals surface area contributed by atoms with E-state index in [1.54, 1.807) is 0 Å². The summed E-state index contributed by atoms with van der Waals surface area (Å²) >= 11 is 6.12. The predicted octanol–water partition coefficient (Wildman–Crippen LogP) is 6.41. The quantitative estimate of drug-likeness (QED) is 0.614. The summed E-state index contributed by atoms with van der Waals surface area (Å²) in [7, 11) is 0. The Morgan fingerprint density at radius 1 is 1.12 bits per heavy atom. The summed E-state index contributed by atoms with van der Waals surface area (Å²) in [5.74, 6) is 1.09. The molecule has 26 heavy (non-hydrogen) atoms. The fourth-order valence-electron chi connectivity index (χ4n) is 4.27. The number of anilines is 1. The lowest BCUT2D eigenvalue weighted by Crippen LogP contribution is -2.43. The highest BCUT2D eigenvalue weighted by molar-refractivity contribution is 6.30. The first kappa shape index (κ1) is 17.1. The topological polar surface area (TPSA) is 28.8 Å². The normalized spacial score (nSPS) is 19.6. The Kier molecular flexibility index (Phi) is 4.70. The van der Waals surface area contributed by atoms with Gasteiger partial charge < -0.3 is 5.32 Å². The average molecular weight is 364 g/mol. The van der Waals surface area contributed by atoms with Crippen molar-refractivity contribution in [2.24, 2.45) is 10.4 Å². The van der Waals surface area contributed by atoms with Gasteiger partial charge in [-0.1, -0.05) is 55.1 Å². The van der Waals surface area contributed by atoms with Crippen molar-refractivity contribution in [1.82, 2.24) is 0 Å². The number of hydrogen-bond donors (Lipinski definition) is 1. The van der Waals surface area contributed by atoms with Crippen LogP contribution >= 0.6 is 11.6 Å². The molecule has 1 heterocycles. The fourth-order valence-corrected chi connectivity index (χ4v) is 4.48. The van der Waals surface area contributed by atoms with E-state index in [0.717, 1.165) is 28.5 Å². The minimum atomic E-state index is 0.115. The zero-order chi connectivity index (χ0) is 18.0. The number of fused-ring (bicyclic) bond motifs is 1. The molecule has 0 bridgehead atoms. The van der Waals surface area contributed by atoms with Gasteiger partial charge in [0.25, 0.3) is 0 Å². The van der Waals surface area contributed by atoms with Gasteiger partial charge in [0.15, 0.2) is 5.69 Å². The third-order valence-electron chi connectivity index (χ3n) is 5.63. The molecule has 2 aliphatic rings. The van der Waals surface area contributed by atoms with Crippen LogP contribution in [0.2, 0.25) is 5.02 Å². The number of rotatable bonds is 2. The number of halogens is 1. The molecule has 0 amide bonds. The Morgan fingerprint density at radius 3 is 2.73 bits per heavy atom. The van der Waals surface area contributed by atoms with Crippen LogP contribution in [0.3, 0.4) is 0 Å². The number of amidine groups is 1. The molecule has 4 heteroatoms. The first-order valence-electron chi connectivity index (χ1n) is 9.25. The molecule has 0 aromatic heterocycles. The molecule has 1 N–H and O–H groups in total. The highest BCUT2D eigenvalue weighted by Crippen LogP contribution is 2.45. The van der Waals surface area contributed by atoms with Crippen LogP contribution in [0.4, 0.5) is 11.4 Å². The van der Waals surface area contributed by atoms with Gasteiger partial charge in [-0.25, -0.2) is 4.85 Å². The third-order valence-corrected chi connectivity index (χ3v) is 5.86. The van der Waals surface area contributed by atoms with Crippen molar-refractivity contribution < 1.29 is 0 Å². The van der Waals surface area contributed by atoms with Gasteiger partial charge in [0.1, 0.15) is 5.84 Å². The van der Waals surface area contributed by atoms with Gasteiger partial charge in [0, 0.05) is 16.1 Å². The first-order valence-corrected chi connectivity index (χ1v) is 9.63. The molecule has 3 nitrogen and oxygen atoms in total. The van der Waals surface area contributed by atoms with Crippen molar-refractivity contribution >= 4 is 28.8 Å². The molecule has 4 rings (SSSR count). The van der Waals surface area contributed by atoms with Crippen molar-refractivity contribution in [3.63, 3.8) is 0 Å². The monoisotopic (exact) mass is 363 g/mol. The predicted molar refractivity (Wildman–Crippen MR) is 108 cm³/mol. The molecule has 1 fully saturated rings. The van der Waals surface area contributed by atoms with E-state index in [1.807, 2.05) is 30.3 Å².